The third-order valence-electron chi connectivity index (χ3n) is 4.29. The van der Waals surface area contributed by atoms with Crippen LogP contribution in [0.1, 0.15) is 60.1 Å². The first-order chi connectivity index (χ1) is 13.3. The van der Waals surface area contributed by atoms with Crippen LogP contribution in [0, 0.1) is 5.92 Å². The van der Waals surface area contributed by atoms with Crippen molar-refractivity contribution < 1.29 is 24.2 Å². The summed E-state index contributed by atoms with van der Waals surface area (Å²) < 4.78 is 10.5. The predicted octanol–water partition coefficient (Wildman–Crippen LogP) is 3.64. The Morgan fingerprint density at radius 1 is 1.07 bits per heavy atom. The number of hydrogen-bond acceptors (Lipinski definition) is 6. The lowest BCUT2D eigenvalue weighted by molar-refractivity contribution is 0.0501. The van der Waals surface area contributed by atoms with Gasteiger partial charge < -0.3 is 19.9 Å². The average Bonchev–Trinajstić information content (AvgIpc) is 2.82. The minimum atomic E-state index is -0.591. The number of hydrogen-bond donors (Lipinski definition) is 3. The summed E-state index contributed by atoms with van der Waals surface area (Å²) in [4.78, 5) is 28.3. The second-order valence-corrected chi connectivity index (χ2v) is 9.49. The van der Waals surface area contributed by atoms with Gasteiger partial charge in [-0.15, -0.1) is 0 Å². The number of nitrogens with zero attached hydrogens (tertiary/aromatic N) is 1. The summed E-state index contributed by atoms with van der Waals surface area (Å²) in [5.74, 6) is 0.354. The van der Waals surface area contributed by atoms with E-state index in [0.29, 0.717) is 25.1 Å². The lowest BCUT2D eigenvalue weighted by Gasteiger charge is -2.21. The van der Waals surface area contributed by atoms with E-state index in [4.69, 9.17) is 9.47 Å². The van der Waals surface area contributed by atoms with Crippen molar-refractivity contribution >= 4 is 18.0 Å². The smallest absolute Gasteiger partial charge is 0.413 e. The third kappa shape index (κ3) is 8.27. The molecule has 1 saturated carbocycles. The van der Waals surface area contributed by atoms with Crippen LogP contribution in [0.15, 0.2) is 18.2 Å². The van der Waals surface area contributed by atoms with Crippen LogP contribution in [-0.2, 0) is 15.9 Å². The summed E-state index contributed by atoms with van der Waals surface area (Å²) in [6.45, 7) is 10.8. The molecule has 2 rings (SSSR count). The standard InChI is InChI=1S/C21H33N3O5/c1-20(2,3)28-18(26)23-15-11-13(16(25)12-15)10-14-8-7-9-17(22-14)24-19(27)29-21(4,5)6/h7-9,13,15-16,25H,10-12H2,1-6H3,(H,23,26)(H,22,24,27)/t13-,15?,16-/m0/s1. The Hall–Kier alpha value is -2.35. The molecule has 1 heterocycles. The second-order valence-electron chi connectivity index (χ2n) is 9.49. The van der Waals surface area contributed by atoms with Crippen LogP contribution in [0.2, 0.25) is 0 Å². The maximum absolute atomic E-state index is 12.0. The number of amides is 2. The molecular weight excluding hydrogens is 374 g/mol. The number of ether oxygens (including phenoxy) is 2. The molecule has 8 heteroatoms. The molecule has 3 N–H and O–H groups in total. The summed E-state index contributed by atoms with van der Waals surface area (Å²) in [6, 6.07) is 5.19. The Morgan fingerprint density at radius 3 is 2.31 bits per heavy atom. The van der Waals surface area contributed by atoms with E-state index < -0.39 is 29.5 Å². The highest BCUT2D eigenvalue weighted by atomic mass is 16.6. The van der Waals surface area contributed by atoms with Crippen molar-refractivity contribution in [3.8, 4) is 0 Å². The summed E-state index contributed by atoms with van der Waals surface area (Å²) in [5, 5.41) is 15.8. The molecule has 0 aliphatic heterocycles. The number of alkyl carbamates (subject to hydrolysis) is 1. The van der Waals surface area contributed by atoms with Crippen LogP contribution in [0.3, 0.4) is 0 Å². The summed E-state index contributed by atoms with van der Waals surface area (Å²) >= 11 is 0. The van der Waals surface area contributed by atoms with Gasteiger partial charge in [-0.1, -0.05) is 6.07 Å². The highest BCUT2D eigenvalue weighted by Crippen LogP contribution is 2.29. The van der Waals surface area contributed by atoms with Gasteiger partial charge in [0.05, 0.1) is 6.10 Å². The number of aromatic nitrogens is 1. The minimum absolute atomic E-state index is 0.0424. The van der Waals surface area contributed by atoms with Crippen molar-refractivity contribution in [3.05, 3.63) is 23.9 Å². The van der Waals surface area contributed by atoms with Crippen molar-refractivity contribution in [2.24, 2.45) is 5.92 Å². The monoisotopic (exact) mass is 407 g/mol. The van der Waals surface area contributed by atoms with E-state index in [-0.39, 0.29) is 12.0 Å². The number of aliphatic hydroxyl groups excluding tert-OH is 1. The van der Waals surface area contributed by atoms with Gasteiger partial charge in [-0.25, -0.2) is 14.6 Å². The number of nitrogens with one attached hydrogen (secondary N) is 2. The second kappa shape index (κ2) is 8.98. The van der Waals surface area contributed by atoms with Crippen molar-refractivity contribution in [2.45, 2.75) is 84.2 Å². The van der Waals surface area contributed by atoms with E-state index in [1.54, 1.807) is 32.9 Å². The van der Waals surface area contributed by atoms with E-state index in [0.717, 1.165) is 5.69 Å². The molecule has 8 nitrogen and oxygen atoms in total. The van der Waals surface area contributed by atoms with Crippen LogP contribution in [0.4, 0.5) is 15.4 Å². The van der Waals surface area contributed by atoms with Crippen LogP contribution >= 0.6 is 0 Å². The average molecular weight is 408 g/mol. The zero-order valence-corrected chi connectivity index (χ0v) is 18.1. The van der Waals surface area contributed by atoms with Gasteiger partial charge in [0.25, 0.3) is 0 Å². The van der Waals surface area contributed by atoms with Crippen LogP contribution in [0.5, 0.6) is 0 Å². The lowest BCUT2D eigenvalue weighted by Crippen LogP contribution is -2.38. The number of carbonyl (C=O) groups excluding carboxylic acids is 2. The molecule has 1 aromatic heterocycles. The predicted molar refractivity (Wildman–Crippen MR) is 110 cm³/mol. The van der Waals surface area contributed by atoms with Gasteiger partial charge in [0.15, 0.2) is 0 Å². The minimum Gasteiger partial charge on any atom is -0.444 e. The SMILES string of the molecule is CC(C)(C)OC(=O)Nc1cccc(C[C@H]2CC(NC(=O)OC(C)(C)C)C[C@@H]2O)n1. The Labute approximate surface area is 172 Å². The van der Waals surface area contributed by atoms with Gasteiger partial charge in [-0.05, 0) is 78.9 Å². The molecule has 0 spiro atoms. The fourth-order valence-electron chi connectivity index (χ4n) is 3.25. The molecule has 0 aromatic carbocycles. The number of rotatable bonds is 4. The van der Waals surface area contributed by atoms with Gasteiger partial charge in [0, 0.05) is 11.7 Å². The fourth-order valence-corrected chi connectivity index (χ4v) is 3.25. The van der Waals surface area contributed by atoms with E-state index >= 15 is 0 Å². The highest BCUT2D eigenvalue weighted by molar-refractivity contribution is 5.83. The quantitative estimate of drug-likeness (QED) is 0.703. The van der Waals surface area contributed by atoms with E-state index in [1.165, 1.54) is 0 Å². The molecule has 29 heavy (non-hydrogen) atoms. The van der Waals surface area contributed by atoms with Crippen molar-refractivity contribution in [1.82, 2.24) is 10.3 Å². The molecule has 0 bridgehead atoms. The van der Waals surface area contributed by atoms with Gasteiger partial charge in [-0.3, -0.25) is 5.32 Å². The van der Waals surface area contributed by atoms with Crippen molar-refractivity contribution in [3.63, 3.8) is 0 Å². The Kier molecular flexibility index (Phi) is 7.11. The molecule has 0 radical (unpaired) electrons. The Balaban J connectivity index is 1.91. The molecule has 3 atom stereocenters. The van der Waals surface area contributed by atoms with E-state index in [1.807, 2.05) is 26.8 Å². The number of anilines is 1. The number of carbonyl (C=O) groups is 2. The summed E-state index contributed by atoms with van der Waals surface area (Å²) in [6.07, 6.45) is 0.0595. The molecule has 1 unspecified atom stereocenters. The molecular formula is C21H33N3O5. The molecule has 0 saturated heterocycles. The molecule has 2 amide bonds. The fraction of sp³-hybridized carbons (Fsp3) is 0.667. The molecule has 1 aromatic rings. The van der Waals surface area contributed by atoms with Gasteiger partial charge in [-0.2, -0.15) is 0 Å². The first-order valence-corrected chi connectivity index (χ1v) is 9.94. The van der Waals surface area contributed by atoms with Crippen LogP contribution < -0.4 is 10.6 Å². The zero-order valence-electron chi connectivity index (χ0n) is 18.1. The van der Waals surface area contributed by atoms with Crippen LogP contribution in [0.25, 0.3) is 0 Å². The highest BCUT2D eigenvalue weighted by Gasteiger charge is 2.35. The van der Waals surface area contributed by atoms with Crippen molar-refractivity contribution in [1.29, 1.82) is 0 Å². The molecule has 1 aliphatic carbocycles. The first kappa shape index (κ1) is 22.9. The molecule has 162 valence electrons. The normalized spacial score (nSPS) is 22.1. The number of pyridine rings is 1. The Morgan fingerprint density at radius 2 is 1.69 bits per heavy atom. The molecule has 1 aliphatic rings. The summed E-state index contributed by atoms with van der Waals surface area (Å²) in [7, 11) is 0. The van der Waals surface area contributed by atoms with E-state index in [9.17, 15) is 14.7 Å². The van der Waals surface area contributed by atoms with Gasteiger partial charge in [0.1, 0.15) is 17.0 Å². The third-order valence-corrected chi connectivity index (χ3v) is 4.29. The van der Waals surface area contributed by atoms with Gasteiger partial charge in [0.2, 0.25) is 0 Å². The molecule has 1 fully saturated rings. The lowest BCUT2D eigenvalue weighted by atomic mass is 9.99. The topological polar surface area (TPSA) is 110 Å². The van der Waals surface area contributed by atoms with E-state index in [2.05, 4.69) is 15.6 Å². The Bertz CT molecular complexity index is 724. The van der Waals surface area contributed by atoms with Crippen molar-refractivity contribution in [2.75, 3.05) is 5.32 Å². The van der Waals surface area contributed by atoms with Gasteiger partial charge >= 0.3 is 12.2 Å². The zero-order chi connectivity index (χ0) is 21.8. The first-order valence-electron chi connectivity index (χ1n) is 9.94. The van der Waals surface area contributed by atoms with Crippen LogP contribution in [-0.4, -0.2) is 45.6 Å². The maximum atomic E-state index is 12.0. The maximum Gasteiger partial charge on any atom is 0.413 e. The number of aliphatic hydroxyl groups is 1. The summed E-state index contributed by atoms with van der Waals surface area (Å²) in [5.41, 5.74) is -0.404. The largest absolute Gasteiger partial charge is 0.444 e.